The Balaban J connectivity index is 1.97. The molecule has 3 rings (SSSR count). The first-order valence-corrected chi connectivity index (χ1v) is 12.6. The highest BCUT2D eigenvalue weighted by atomic mass is 32.2. The predicted octanol–water partition coefficient (Wildman–Crippen LogP) is 7.61. The van der Waals surface area contributed by atoms with Crippen LogP contribution in [0.5, 0.6) is 0 Å². The highest BCUT2D eigenvalue weighted by molar-refractivity contribution is 8.03. The molecule has 1 aliphatic carbocycles. The molecule has 2 aliphatic rings. The first-order valence-electron chi connectivity index (χ1n) is 11.8. The maximum atomic E-state index is 6.03. The van der Waals surface area contributed by atoms with Crippen LogP contribution in [0.25, 0.3) is 0 Å². The fraction of sp³-hybridized carbons (Fsp3) is 0.464. The summed E-state index contributed by atoms with van der Waals surface area (Å²) in [5.74, 6) is 0. The van der Waals surface area contributed by atoms with Crippen molar-refractivity contribution in [3.8, 4) is 0 Å². The molecule has 1 aromatic rings. The Morgan fingerprint density at radius 1 is 1.19 bits per heavy atom. The van der Waals surface area contributed by atoms with E-state index in [2.05, 4.69) is 66.0 Å². The molecule has 3 nitrogen and oxygen atoms in total. The van der Waals surface area contributed by atoms with Gasteiger partial charge >= 0.3 is 0 Å². The Labute approximate surface area is 199 Å². The molecular formula is C28H39N3S. The predicted molar refractivity (Wildman–Crippen MR) is 141 cm³/mol. The van der Waals surface area contributed by atoms with Crippen molar-refractivity contribution in [1.29, 1.82) is 0 Å². The SMILES string of the molecule is C=C1C(C)=CC(c2cc(C)c(C)c(SC(=C)C3(CCN)CCCCC3)c2)=NN1C=C(C)C. The van der Waals surface area contributed by atoms with Gasteiger partial charge in [-0.25, -0.2) is 5.01 Å². The van der Waals surface area contributed by atoms with Gasteiger partial charge in [-0.1, -0.05) is 49.8 Å². The quantitative estimate of drug-likeness (QED) is 0.435. The number of allylic oxidation sites excluding steroid dienone is 4. The normalized spacial score (nSPS) is 18.2. The molecular weight excluding hydrogens is 410 g/mol. The number of hydrazone groups is 1. The van der Waals surface area contributed by atoms with Crippen molar-refractivity contribution in [2.75, 3.05) is 6.54 Å². The zero-order valence-electron chi connectivity index (χ0n) is 20.6. The van der Waals surface area contributed by atoms with Crippen LogP contribution in [0.4, 0.5) is 0 Å². The number of nitrogens with zero attached hydrogens (tertiary/aromatic N) is 2. The summed E-state index contributed by atoms with van der Waals surface area (Å²) in [6.45, 7) is 20.2. The van der Waals surface area contributed by atoms with Crippen LogP contribution in [-0.4, -0.2) is 17.3 Å². The van der Waals surface area contributed by atoms with Gasteiger partial charge in [0.25, 0.3) is 0 Å². The molecule has 4 heteroatoms. The fourth-order valence-corrected chi connectivity index (χ4v) is 5.95. The van der Waals surface area contributed by atoms with Crippen molar-refractivity contribution in [2.24, 2.45) is 16.3 Å². The molecule has 2 N–H and O–H groups in total. The van der Waals surface area contributed by atoms with E-state index in [4.69, 9.17) is 10.8 Å². The number of hydrogen-bond acceptors (Lipinski definition) is 4. The van der Waals surface area contributed by atoms with Crippen molar-refractivity contribution >= 4 is 17.5 Å². The molecule has 1 saturated carbocycles. The third kappa shape index (κ3) is 5.29. The summed E-state index contributed by atoms with van der Waals surface area (Å²) >= 11 is 1.85. The number of hydrogen-bond donors (Lipinski definition) is 1. The molecule has 0 amide bonds. The van der Waals surface area contributed by atoms with E-state index in [9.17, 15) is 0 Å². The zero-order valence-corrected chi connectivity index (χ0v) is 21.4. The van der Waals surface area contributed by atoms with E-state index < -0.39 is 0 Å². The maximum absolute atomic E-state index is 6.03. The molecule has 1 heterocycles. The van der Waals surface area contributed by atoms with Crippen molar-refractivity contribution in [2.45, 2.75) is 78.0 Å². The first-order chi connectivity index (χ1) is 15.2. The van der Waals surface area contributed by atoms with Gasteiger partial charge in [0, 0.05) is 22.1 Å². The molecule has 0 bridgehead atoms. The van der Waals surface area contributed by atoms with Crippen molar-refractivity contribution < 1.29 is 0 Å². The van der Waals surface area contributed by atoms with E-state index in [1.165, 1.54) is 58.6 Å². The van der Waals surface area contributed by atoms with Crippen LogP contribution in [-0.2, 0) is 0 Å². The highest BCUT2D eigenvalue weighted by Crippen LogP contribution is 2.51. The molecule has 0 saturated heterocycles. The van der Waals surface area contributed by atoms with Gasteiger partial charge in [0.05, 0.1) is 11.4 Å². The standard InChI is InChI=1S/C28H39N3S/c1-19(2)18-31-23(6)21(4)16-26(30-31)25-15-20(3)22(5)27(17-25)32-24(7)28(13-14-29)11-9-8-10-12-28/h15-18H,6-14,29H2,1-5H3. The average molecular weight is 450 g/mol. The maximum Gasteiger partial charge on any atom is 0.0916 e. The number of benzene rings is 1. The summed E-state index contributed by atoms with van der Waals surface area (Å²) in [5, 5.41) is 6.80. The lowest BCUT2D eigenvalue weighted by Gasteiger charge is -2.39. The molecule has 1 fully saturated rings. The van der Waals surface area contributed by atoms with Crippen LogP contribution >= 0.6 is 11.8 Å². The van der Waals surface area contributed by atoms with E-state index in [1.807, 2.05) is 23.0 Å². The summed E-state index contributed by atoms with van der Waals surface area (Å²) < 4.78 is 0. The lowest BCUT2D eigenvalue weighted by Crippen LogP contribution is -2.28. The number of thioether (sulfide) groups is 1. The molecule has 0 spiro atoms. The lowest BCUT2D eigenvalue weighted by molar-refractivity contribution is 0.238. The number of aryl methyl sites for hydroxylation is 1. The third-order valence-corrected chi connectivity index (χ3v) is 8.18. The number of rotatable bonds is 7. The minimum atomic E-state index is 0.171. The molecule has 32 heavy (non-hydrogen) atoms. The van der Waals surface area contributed by atoms with Crippen molar-refractivity contribution in [1.82, 2.24) is 5.01 Å². The summed E-state index contributed by atoms with van der Waals surface area (Å²) in [7, 11) is 0. The van der Waals surface area contributed by atoms with Crippen LogP contribution in [0.2, 0.25) is 0 Å². The second kappa shape index (κ2) is 10.3. The van der Waals surface area contributed by atoms with Gasteiger partial charge in [-0.05, 0) is 100 Å². The minimum Gasteiger partial charge on any atom is -0.330 e. The fourth-order valence-electron chi connectivity index (χ4n) is 4.66. The van der Waals surface area contributed by atoms with Gasteiger partial charge in [-0.15, -0.1) is 0 Å². The highest BCUT2D eigenvalue weighted by Gasteiger charge is 2.34. The molecule has 1 aliphatic heterocycles. The Morgan fingerprint density at radius 3 is 2.50 bits per heavy atom. The third-order valence-electron chi connectivity index (χ3n) is 6.85. The van der Waals surface area contributed by atoms with Crippen LogP contribution in [0.1, 0.15) is 76.0 Å². The van der Waals surface area contributed by atoms with Gasteiger partial charge in [0.15, 0.2) is 0 Å². The Kier molecular flexibility index (Phi) is 7.89. The summed E-state index contributed by atoms with van der Waals surface area (Å²) in [6, 6.07) is 4.53. The summed E-state index contributed by atoms with van der Waals surface area (Å²) in [5.41, 5.74) is 14.2. The Bertz CT molecular complexity index is 981. The van der Waals surface area contributed by atoms with E-state index >= 15 is 0 Å². The van der Waals surface area contributed by atoms with Gasteiger partial charge in [-0.3, -0.25) is 0 Å². The second-order valence-corrected chi connectivity index (χ2v) is 10.8. The van der Waals surface area contributed by atoms with Gasteiger partial charge in [0.2, 0.25) is 0 Å². The van der Waals surface area contributed by atoms with Gasteiger partial charge < -0.3 is 5.73 Å². The first kappa shape index (κ1) is 24.6. The molecule has 172 valence electrons. The number of nitrogens with two attached hydrogens (primary N) is 1. The van der Waals surface area contributed by atoms with Crippen LogP contribution in [0, 0.1) is 19.3 Å². The molecule has 0 unspecified atom stereocenters. The lowest BCUT2D eigenvalue weighted by atomic mass is 9.72. The van der Waals surface area contributed by atoms with E-state index in [0.717, 1.165) is 35.5 Å². The summed E-state index contributed by atoms with van der Waals surface area (Å²) in [4.78, 5) is 2.55. The van der Waals surface area contributed by atoms with Gasteiger partial charge in [-0.2, -0.15) is 5.10 Å². The van der Waals surface area contributed by atoms with Crippen LogP contribution in [0.3, 0.4) is 0 Å². The van der Waals surface area contributed by atoms with Gasteiger partial charge in [0.1, 0.15) is 0 Å². The van der Waals surface area contributed by atoms with Crippen LogP contribution in [0.15, 0.2) is 69.3 Å². The van der Waals surface area contributed by atoms with E-state index in [0.29, 0.717) is 0 Å². The molecule has 0 radical (unpaired) electrons. The average Bonchev–Trinajstić information content (AvgIpc) is 2.74. The monoisotopic (exact) mass is 449 g/mol. The Hall–Kier alpha value is -2.04. The molecule has 1 aromatic carbocycles. The Morgan fingerprint density at radius 2 is 1.88 bits per heavy atom. The van der Waals surface area contributed by atoms with E-state index in [1.54, 1.807) is 0 Å². The topological polar surface area (TPSA) is 41.6 Å². The largest absolute Gasteiger partial charge is 0.330 e. The zero-order chi connectivity index (χ0) is 23.5. The van der Waals surface area contributed by atoms with Crippen LogP contribution < -0.4 is 5.73 Å². The smallest absolute Gasteiger partial charge is 0.0916 e. The molecule has 0 atom stereocenters. The minimum absolute atomic E-state index is 0.171. The van der Waals surface area contributed by atoms with Crippen molar-refractivity contribution in [3.05, 3.63) is 76.0 Å². The second-order valence-electron chi connectivity index (χ2n) is 9.63. The molecule has 0 aromatic heterocycles. The summed E-state index contributed by atoms with van der Waals surface area (Å²) in [6.07, 6.45) is 11.5. The van der Waals surface area contributed by atoms with E-state index in [-0.39, 0.29) is 5.41 Å². The van der Waals surface area contributed by atoms with Crippen molar-refractivity contribution in [3.63, 3.8) is 0 Å².